The molecule has 122 valence electrons. The Morgan fingerprint density at radius 1 is 1.28 bits per heavy atom. The molecule has 0 N–H and O–H groups in total. The van der Waals surface area contributed by atoms with Gasteiger partial charge in [0.1, 0.15) is 18.2 Å². The summed E-state index contributed by atoms with van der Waals surface area (Å²) in [5.41, 5.74) is 2.06. The van der Waals surface area contributed by atoms with Crippen LogP contribution in [0.1, 0.15) is 22.1 Å². The largest absolute Gasteiger partial charge is 0.481 e. The zero-order valence-corrected chi connectivity index (χ0v) is 13.6. The number of benzene rings is 2. The van der Waals surface area contributed by atoms with E-state index in [1.54, 1.807) is 35.9 Å². The number of terminal acetylenes is 1. The van der Waals surface area contributed by atoms with Crippen LogP contribution in [0.2, 0.25) is 0 Å². The number of ketones is 1. The molecule has 3 aromatic rings. The van der Waals surface area contributed by atoms with E-state index < -0.39 is 5.92 Å². The first-order valence-electron chi connectivity index (χ1n) is 7.67. The zero-order chi connectivity index (χ0) is 17.8. The van der Waals surface area contributed by atoms with E-state index in [2.05, 4.69) is 17.0 Å². The van der Waals surface area contributed by atoms with Gasteiger partial charge in [0.05, 0.1) is 17.1 Å². The fourth-order valence-electron chi connectivity index (χ4n) is 2.66. The van der Waals surface area contributed by atoms with Crippen LogP contribution < -0.4 is 4.74 Å². The van der Waals surface area contributed by atoms with Gasteiger partial charge in [-0.2, -0.15) is 5.26 Å². The van der Waals surface area contributed by atoms with Crippen molar-refractivity contribution in [3.8, 4) is 24.2 Å². The molecule has 1 atom stereocenters. The van der Waals surface area contributed by atoms with E-state index in [1.165, 1.54) is 0 Å². The van der Waals surface area contributed by atoms with Crippen LogP contribution in [0, 0.1) is 23.7 Å². The summed E-state index contributed by atoms with van der Waals surface area (Å²) in [5.74, 6) is 2.11. The van der Waals surface area contributed by atoms with Crippen molar-refractivity contribution in [2.45, 2.75) is 5.92 Å². The third kappa shape index (κ3) is 3.08. The number of carbonyl (C=O) groups excluding carboxylic acids is 1. The number of nitrogens with zero attached hydrogens (tertiary/aromatic N) is 3. The molecule has 0 saturated carbocycles. The predicted molar refractivity (Wildman–Crippen MR) is 94.2 cm³/mol. The minimum Gasteiger partial charge on any atom is -0.481 e. The Hall–Kier alpha value is -3.57. The van der Waals surface area contributed by atoms with E-state index in [0.717, 1.165) is 11.0 Å². The lowest BCUT2D eigenvalue weighted by Gasteiger charge is -2.09. The number of rotatable bonds is 5. The molecule has 0 saturated heterocycles. The maximum Gasteiger partial charge on any atom is 0.187 e. The minimum absolute atomic E-state index is 0.161. The molecule has 3 rings (SSSR count). The number of hydrogen-bond donors (Lipinski definition) is 0. The van der Waals surface area contributed by atoms with Gasteiger partial charge in [0.25, 0.3) is 0 Å². The number of imidazole rings is 1. The number of para-hydroxylation sites is 2. The highest BCUT2D eigenvalue weighted by Gasteiger charge is 2.26. The summed E-state index contributed by atoms with van der Waals surface area (Å²) < 4.78 is 7.07. The van der Waals surface area contributed by atoms with E-state index in [-0.39, 0.29) is 12.4 Å². The van der Waals surface area contributed by atoms with Crippen molar-refractivity contribution in [2.75, 3.05) is 6.61 Å². The van der Waals surface area contributed by atoms with Gasteiger partial charge in [0.2, 0.25) is 0 Å². The van der Waals surface area contributed by atoms with Crippen molar-refractivity contribution in [3.63, 3.8) is 0 Å². The monoisotopic (exact) mass is 329 g/mol. The van der Waals surface area contributed by atoms with Crippen molar-refractivity contribution < 1.29 is 9.53 Å². The molecule has 0 aliphatic heterocycles. The van der Waals surface area contributed by atoms with Crippen molar-refractivity contribution >= 4 is 16.8 Å². The van der Waals surface area contributed by atoms with Gasteiger partial charge in [-0.05, 0) is 36.4 Å². The van der Waals surface area contributed by atoms with Crippen molar-refractivity contribution in [3.05, 3.63) is 59.9 Å². The molecule has 1 aromatic heterocycles. The molecule has 0 amide bonds. The van der Waals surface area contributed by atoms with Crippen LogP contribution in [0.4, 0.5) is 0 Å². The van der Waals surface area contributed by atoms with Crippen LogP contribution in [0.5, 0.6) is 5.75 Å². The van der Waals surface area contributed by atoms with E-state index in [9.17, 15) is 10.1 Å². The number of carbonyl (C=O) groups is 1. The fourth-order valence-corrected chi connectivity index (χ4v) is 2.66. The lowest BCUT2D eigenvalue weighted by molar-refractivity contribution is 0.0975. The molecular formula is C20H15N3O2. The van der Waals surface area contributed by atoms with E-state index in [1.807, 2.05) is 24.3 Å². The Bertz CT molecular complexity index is 1000. The first kappa shape index (κ1) is 16.3. The van der Waals surface area contributed by atoms with Gasteiger partial charge in [-0.1, -0.05) is 18.1 Å². The van der Waals surface area contributed by atoms with Gasteiger partial charge in [-0.15, -0.1) is 6.42 Å². The molecule has 5 heteroatoms. The Kier molecular flexibility index (Phi) is 4.50. The molecule has 1 unspecified atom stereocenters. The number of aromatic nitrogens is 2. The van der Waals surface area contributed by atoms with Crippen molar-refractivity contribution in [1.29, 1.82) is 5.26 Å². The fraction of sp³-hybridized carbons (Fsp3) is 0.150. The number of hydrogen-bond acceptors (Lipinski definition) is 4. The smallest absolute Gasteiger partial charge is 0.187 e. The van der Waals surface area contributed by atoms with E-state index in [4.69, 9.17) is 11.2 Å². The SMILES string of the molecule is C#CCOc1ccc(C(=O)C(C#N)c2nc3ccccc3n2C)cc1. The predicted octanol–water partition coefficient (Wildman–Crippen LogP) is 3.08. The zero-order valence-electron chi connectivity index (χ0n) is 13.6. The molecule has 0 radical (unpaired) electrons. The number of fused-ring (bicyclic) bond motifs is 1. The first-order chi connectivity index (χ1) is 12.2. The number of aryl methyl sites for hydroxylation is 1. The molecule has 25 heavy (non-hydrogen) atoms. The summed E-state index contributed by atoms with van der Waals surface area (Å²) >= 11 is 0. The Labute approximate surface area is 145 Å². The highest BCUT2D eigenvalue weighted by atomic mass is 16.5. The second-order valence-electron chi connectivity index (χ2n) is 5.46. The lowest BCUT2D eigenvalue weighted by atomic mass is 9.98. The summed E-state index contributed by atoms with van der Waals surface area (Å²) in [5, 5.41) is 9.56. The molecule has 0 aliphatic carbocycles. The highest BCUT2D eigenvalue weighted by Crippen LogP contribution is 2.24. The topological polar surface area (TPSA) is 67.9 Å². The maximum atomic E-state index is 12.8. The summed E-state index contributed by atoms with van der Waals surface area (Å²) in [6.45, 7) is 0.161. The Morgan fingerprint density at radius 3 is 2.64 bits per heavy atom. The molecule has 0 spiro atoms. The summed E-state index contributed by atoms with van der Waals surface area (Å²) in [6, 6.07) is 16.2. The van der Waals surface area contributed by atoms with Crippen LogP contribution in [0.15, 0.2) is 48.5 Å². The van der Waals surface area contributed by atoms with E-state index >= 15 is 0 Å². The summed E-state index contributed by atoms with van der Waals surface area (Å²) in [4.78, 5) is 17.2. The Morgan fingerprint density at radius 2 is 2.00 bits per heavy atom. The number of Topliss-reactive ketones (excluding diaryl/α,β-unsaturated/α-hetero) is 1. The molecule has 2 aromatic carbocycles. The molecule has 5 nitrogen and oxygen atoms in total. The molecular weight excluding hydrogens is 314 g/mol. The van der Waals surface area contributed by atoms with Gasteiger partial charge in [-0.25, -0.2) is 4.98 Å². The molecule has 1 heterocycles. The highest BCUT2D eigenvalue weighted by molar-refractivity contribution is 6.02. The minimum atomic E-state index is -0.977. The van der Waals surface area contributed by atoms with Crippen molar-refractivity contribution in [2.24, 2.45) is 7.05 Å². The third-order valence-electron chi connectivity index (χ3n) is 3.93. The second kappa shape index (κ2) is 6.90. The normalized spacial score (nSPS) is 11.5. The number of ether oxygens (including phenoxy) is 1. The van der Waals surface area contributed by atoms with Crippen LogP contribution in [0.25, 0.3) is 11.0 Å². The van der Waals surface area contributed by atoms with Crippen LogP contribution in [0.3, 0.4) is 0 Å². The molecule has 0 fully saturated rings. The molecule has 0 bridgehead atoms. The van der Waals surface area contributed by atoms with Crippen LogP contribution in [-0.4, -0.2) is 21.9 Å². The van der Waals surface area contributed by atoms with Gasteiger partial charge in [0.15, 0.2) is 11.7 Å². The first-order valence-corrected chi connectivity index (χ1v) is 7.67. The number of nitriles is 1. The average molecular weight is 329 g/mol. The second-order valence-corrected chi connectivity index (χ2v) is 5.46. The lowest BCUT2D eigenvalue weighted by Crippen LogP contribution is -2.15. The van der Waals surface area contributed by atoms with Crippen LogP contribution >= 0.6 is 0 Å². The van der Waals surface area contributed by atoms with Gasteiger partial charge in [0, 0.05) is 12.6 Å². The summed E-state index contributed by atoms with van der Waals surface area (Å²) in [7, 11) is 1.80. The maximum absolute atomic E-state index is 12.8. The van der Waals surface area contributed by atoms with Gasteiger partial charge in [-0.3, -0.25) is 4.79 Å². The van der Waals surface area contributed by atoms with Crippen LogP contribution in [-0.2, 0) is 7.05 Å². The van der Waals surface area contributed by atoms with Gasteiger partial charge >= 0.3 is 0 Å². The quantitative estimate of drug-likeness (QED) is 0.533. The van der Waals surface area contributed by atoms with E-state index in [0.29, 0.717) is 17.1 Å². The molecule has 0 aliphatic rings. The standard InChI is InChI=1S/C20H15N3O2/c1-3-12-25-15-10-8-14(9-11-15)19(24)16(13-21)20-22-17-6-4-5-7-18(17)23(20)2/h1,4-11,16H,12H2,2H3. The average Bonchev–Trinajstić information content (AvgIpc) is 2.98. The summed E-state index contributed by atoms with van der Waals surface area (Å²) in [6.07, 6.45) is 5.15. The third-order valence-corrected chi connectivity index (χ3v) is 3.93. The van der Waals surface area contributed by atoms with Crippen molar-refractivity contribution in [1.82, 2.24) is 9.55 Å². The van der Waals surface area contributed by atoms with Gasteiger partial charge < -0.3 is 9.30 Å². The Balaban J connectivity index is 1.92.